The third kappa shape index (κ3) is 2.53. The summed E-state index contributed by atoms with van der Waals surface area (Å²) in [5.74, 6) is 1.33. The number of aryl methyl sites for hydroxylation is 2. The molecular weight excluding hydrogens is 306 g/mol. The summed E-state index contributed by atoms with van der Waals surface area (Å²) in [5, 5.41) is 7.26. The number of hydrogen-bond acceptors (Lipinski definition) is 6. The molecule has 24 heavy (non-hydrogen) atoms. The fraction of sp³-hybridized carbons (Fsp3) is 0.529. The molecule has 1 N–H and O–H groups in total. The molecule has 1 spiro atoms. The minimum absolute atomic E-state index is 0.0472. The quantitative estimate of drug-likeness (QED) is 0.930. The van der Waals surface area contributed by atoms with Gasteiger partial charge in [0, 0.05) is 31.5 Å². The van der Waals surface area contributed by atoms with Crippen LogP contribution in [0.2, 0.25) is 0 Å². The van der Waals surface area contributed by atoms with Gasteiger partial charge in [0.05, 0.1) is 5.69 Å². The lowest BCUT2D eigenvalue weighted by molar-refractivity contribution is 0.0713. The largest absolute Gasteiger partial charge is 0.361 e. The van der Waals surface area contributed by atoms with E-state index in [9.17, 15) is 4.79 Å². The van der Waals surface area contributed by atoms with Gasteiger partial charge in [-0.3, -0.25) is 4.79 Å². The molecule has 2 fully saturated rings. The van der Waals surface area contributed by atoms with Crippen LogP contribution >= 0.6 is 0 Å². The zero-order valence-electron chi connectivity index (χ0n) is 14.0. The van der Waals surface area contributed by atoms with E-state index in [2.05, 4.69) is 20.4 Å². The second-order valence-corrected chi connectivity index (χ2v) is 7.00. The Balaban J connectivity index is 1.37. The molecule has 1 aliphatic carbocycles. The van der Waals surface area contributed by atoms with Crippen LogP contribution in [0, 0.1) is 19.3 Å². The van der Waals surface area contributed by atoms with E-state index in [1.165, 1.54) is 0 Å². The molecule has 2 aromatic heterocycles. The summed E-state index contributed by atoms with van der Waals surface area (Å²) in [6.45, 7) is 5.22. The molecule has 1 saturated carbocycles. The van der Waals surface area contributed by atoms with Crippen LogP contribution in [0.5, 0.6) is 0 Å². The van der Waals surface area contributed by atoms with Crippen molar-refractivity contribution in [3.63, 3.8) is 0 Å². The van der Waals surface area contributed by atoms with Crippen molar-refractivity contribution in [1.29, 1.82) is 0 Å². The normalized spacial score (nSPS) is 25.8. The summed E-state index contributed by atoms with van der Waals surface area (Å²) >= 11 is 0. The first-order valence-corrected chi connectivity index (χ1v) is 8.32. The van der Waals surface area contributed by atoms with Gasteiger partial charge in [-0.15, -0.1) is 0 Å². The number of anilines is 1. The first kappa shape index (κ1) is 15.1. The standard InChI is InChI=1S/C17H21N5O2/c1-11-14(12(2)24-21-11)15(23)22-7-4-17(10-22)8-13(9-17)20-16-18-5-3-6-19-16/h3,5-6,13H,4,7-10H2,1-2H3,(H,18,19,20). The molecule has 1 saturated heterocycles. The minimum atomic E-state index is 0.0472. The van der Waals surface area contributed by atoms with Crippen molar-refractivity contribution in [1.82, 2.24) is 20.0 Å². The minimum Gasteiger partial charge on any atom is -0.361 e. The maximum absolute atomic E-state index is 12.7. The van der Waals surface area contributed by atoms with Gasteiger partial charge >= 0.3 is 0 Å². The molecule has 0 unspecified atom stereocenters. The van der Waals surface area contributed by atoms with Crippen LogP contribution in [0.1, 0.15) is 41.1 Å². The van der Waals surface area contributed by atoms with Gasteiger partial charge in [-0.05, 0) is 44.6 Å². The fourth-order valence-electron chi connectivity index (χ4n) is 4.03. The number of nitrogens with zero attached hydrogens (tertiary/aromatic N) is 4. The van der Waals surface area contributed by atoms with Crippen LogP contribution in [0.25, 0.3) is 0 Å². The first-order chi connectivity index (χ1) is 11.6. The summed E-state index contributed by atoms with van der Waals surface area (Å²) in [4.78, 5) is 23.1. The molecule has 0 atom stereocenters. The van der Waals surface area contributed by atoms with Gasteiger partial charge in [0.25, 0.3) is 5.91 Å². The molecule has 1 amide bonds. The van der Waals surface area contributed by atoms with Crippen LogP contribution in [0.3, 0.4) is 0 Å². The van der Waals surface area contributed by atoms with E-state index in [0.29, 0.717) is 29.0 Å². The number of likely N-dealkylation sites (tertiary alicyclic amines) is 1. The Kier molecular flexibility index (Phi) is 3.51. The SMILES string of the molecule is Cc1noc(C)c1C(=O)N1CCC2(CC(Nc3ncccn3)C2)C1. The highest BCUT2D eigenvalue weighted by Gasteiger charge is 2.50. The van der Waals surface area contributed by atoms with Gasteiger partial charge in [-0.2, -0.15) is 0 Å². The molecule has 2 aromatic rings. The maximum atomic E-state index is 12.7. The van der Waals surface area contributed by atoms with Crippen molar-refractivity contribution in [2.75, 3.05) is 18.4 Å². The van der Waals surface area contributed by atoms with Crippen LogP contribution in [-0.4, -0.2) is 45.1 Å². The second-order valence-electron chi connectivity index (χ2n) is 7.00. The van der Waals surface area contributed by atoms with Crippen LogP contribution in [0.4, 0.5) is 5.95 Å². The monoisotopic (exact) mass is 327 g/mol. The topological polar surface area (TPSA) is 84.2 Å². The molecule has 1 aliphatic heterocycles. The van der Waals surface area contributed by atoms with Gasteiger partial charge in [0.2, 0.25) is 5.95 Å². The second kappa shape index (κ2) is 5.58. The van der Waals surface area contributed by atoms with E-state index < -0.39 is 0 Å². The van der Waals surface area contributed by atoms with Crippen molar-refractivity contribution >= 4 is 11.9 Å². The zero-order chi connectivity index (χ0) is 16.7. The number of amides is 1. The molecule has 7 heteroatoms. The molecular formula is C17H21N5O2. The lowest BCUT2D eigenvalue weighted by Gasteiger charge is -2.45. The molecule has 0 bridgehead atoms. The molecule has 4 rings (SSSR count). The number of hydrogen-bond donors (Lipinski definition) is 1. The number of carbonyl (C=O) groups excluding carboxylic acids is 1. The fourth-order valence-corrected chi connectivity index (χ4v) is 4.03. The third-order valence-electron chi connectivity index (χ3n) is 5.23. The highest BCUT2D eigenvalue weighted by molar-refractivity contribution is 5.96. The smallest absolute Gasteiger partial charge is 0.259 e. The van der Waals surface area contributed by atoms with E-state index in [1.54, 1.807) is 19.3 Å². The average Bonchev–Trinajstić information content (AvgIpc) is 3.12. The lowest BCUT2D eigenvalue weighted by atomic mass is 9.65. The van der Waals surface area contributed by atoms with Crippen molar-refractivity contribution in [3.05, 3.63) is 35.5 Å². The van der Waals surface area contributed by atoms with E-state index in [-0.39, 0.29) is 11.3 Å². The summed E-state index contributed by atoms with van der Waals surface area (Å²) in [7, 11) is 0. The molecule has 0 radical (unpaired) electrons. The van der Waals surface area contributed by atoms with Crippen molar-refractivity contribution in [3.8, 4) is 0 Å². The van der Waals surface area contributed by atoms with Gasteiger partial charge in [-0.1, -0.05) is 5.16 Å². The summed E-state index contributed by atoms with van der Waals surface area (Å²) in [6, 6.07) is 2.20. The Morgan fingerprint density at radius 3 is 2.75 bits per heavy atom. The Labute approximate surface area is 140 Å². The van der Waals surface area contributed by atoms with Crippen molar-refractivity contribution in [2.45, 2.75) is 39.2 Å². The van der Waals surface area contributed by atoms with E-state index >= 15 is 0 Å². The van der Waals surface area contributed by atoms with Crippen LogP contribution in [0.15, 0.2) is 23.0 Å². The molecule has 2 aliphatic rings. The maximum Gasteiger partial charge on any atom is 0.259 e. The Morgan fingerprint density at radius 1 is 1.33 bits per heavy atom. The van der Waals surface area contributed by atoms with Gasteiger partial charge in [-0.25, -0.2) is 9.97 Å². The highest BCUT2D eigenvalue weighted by atomic mass is 16.5. The molecule has 7 nitrogen and oxygen atoms in total. The van der Waals surface area contributed by atoms with E-state index in [0.717, 1.165) is 32.4 Å². The number of carbonyl (C=O) groups is 1. The van der Waals surface area contributed by atoms with Crippen molar-refractivity contribution in [2.24, 2.45) is 5.41 Å². The average molecular weight is 327 g/mol. The van der Waals surface area contributed by atoms with Crippen molar-refractivity contribution < 1.29 is 9.32 Å². The van der Waals surface area contributed by atoms with Crippen LogP contribution in [-0.2, 0) is 0 Å². The molecule has 126 valence electrons. The lowest BCUT2D eigenvalue weighted by Crippen LogP contribution is -2.47. The van der Waals surface area contributed by atoms with Gasteiger partial charge < -0.3 is 14.7 Å². The Bertz CT molecular complexity index is 732. The van der Waals surface area contributed by atoms with Crippen LogP contribution < -0.4 is 5.32 Å². The molecule has 3 heterocycles. The molecule has 0 aromatic carbocycles. The summed E-state index contributed by atoms with van der Waals surface area (Å²) in [6.07, 6.45) is 6.63. The third-order valence-corrected chi connectivity index (χ3v) is 5.23. The zero-order valence-corrected chi connectivity index (χ0v) is 14.0. The summed E-state index contributed by atoms with van der Waals surface area (Å²) in [5.41, 5.74) is 1.53. The van der Waals surface area contributed by atoms with E-state index in [1.807, 2.05) is 17.9 Å². The first-order valence-electron chi connectivity index (χ1n) is 8.32. The number of nitrogens with one attached hydrogen (secondary N) is 1. The number of rotatable bonds is 3. The predicted octanol–water partition coefficient (Wildman–Crippen LogP) is 2.19. The highest BCUT2D eigenvalue weighted by Crippen LogP contribution is 2.49. The van der Waals surface area contributed by atoms with Gasteiger partial charge in [0.1, 0.15) is 11.3 Å². The predicted molar refractivity (Wildman–Crippen MR) is 87.6 cm³/mol. The number of aromatic nitrogens is 3. The Morgan fingerprint density at radius 2 is 2.08 bits per heavy atom. The summed E-state index contributed by atoms with van der Waals surface area (Å²) < 4.78 is 5.13. The Hall–Kier alpha value is -2.44. The van der Waals surface area contributed by atoms with Gasteiger partial charge in [0.15, 0.2) is 0 Å². The van der Waals surface area contributed by atoms with E-state index in [4.69, 9.17) is 4.52 Å².